The molecule has 3 aliphatic rings. The third kappa shape index (κ3) is 3.92. The highest BCUT2D eigenvalue weighted by Crippen LogP contribution is 2.46. The first-order chi connectivity index (χ1) is 14.9. The molecule has 31 heavy (non-hydrogen) atoms. The van der Waals surface area contributed by atoms with Crippen LogP contribution in [0.2, 0.25) is 0 Å². The third-order valence-electron chi connectivity index (χ3n) is 7.13. The molecule has 168 valence electrons. The molecule has 3 fully saturated rings. The Kier molecular flexibility index (Phi) is 5.40. The van der Waals surface area contributed by atoms with Crippen LogP contribution in [0.15, 0.2) is 28.8 Å². The average Bonchev–Trinajstić information content (AvgIpc) is 3.43. The molecule has 0 N–H and O–H groups in total. The Balaban J connectivity index is 1.40. The topological polar surface area (TPSA) is 88.8 Å². The average molecular weight is 447 g/mol. The number of sulfonamides is 1. The predicted octanol–water partition coefficient (Wildman–Crippen LogP) is 1.88. The summed E-state index contributed by atoms with van der Waals surface area (Å²) in [4.78, 5) is 7.06. The second kappa shape index (κ2) is 7.95. The van der Waals surface area contributed by atoms with E-state index >= 15 is 0 Å². The zero-order valence-corrected chi connectivity index (χ0v) is 19.0. The first-order valence-corrected chi connectivity index (χ1v) is 12.6. The molecule has 9 heteroatoms. The molecule has 0 bridgehead atoms. The number of ether oxygens (including phenoxy) is 1. The van der Waals surface area contributed by atoms with Gasteiger partial charge in [-0.1, -0.05) is 35.0 Å². The summed E-state index contributed by atoms with van der Waals surface area (Å²) in [6.07, 6.45) is 2.03. The van der Waals surface area contributed by atoms with Crippen molar-refractivity contribution >= 4 is 10.0 Å². The molecule has 1 aromatic carbocycles. The lowest BCUT2D eigenvalue weighted by molar-refractivity contribution is 0.0382. The van der Waals surface area contributed by atoms with Gasteiger partial charge in [-0.15, -0.1) is 0 Å². The smallest absolute Gasteiger partial charge is 0.235 e. The summed E-state index contributed by atoms with van der Waals surface area (Å²) in [5.41, 5.74) is 1.49. The van der Waals surface area contributed by atoms with Gasteiger partial charge in [-0.25, -0.2) is 12.7 Å². The van der Waals surface area contributed by atoms with Crippen LogP contribution in [0.1, 0.15) is 35.7 Å². The molecule has 1 aromatic heterocycles. The van der Waals surface area contributed by atoms with Crippen LogP contribution in [-0.2, 0) is 25.9 Å². The molecule has 2 aromatic rings. The van der Waals surface area contributed by atoms with Gasteiger partial charge in [-0.2, -0.15) is 4.98 Å². The molecule has 5 rings (SSSR count). The van der Waals surface area contributed by atoms with E-state index in [-0.39, 0.29) is 11.7 Å². The summed E-state index contributed by atoms with van der Waals surface area (Å²) in [6, 6.07) is 8.18. The van der Waals surface area contributed by atoms with Gasteiger partial charge in [0, 0.05) is 51.4 Å². The van der Waals surface area contributed by atoms with E-state index in [2.05, 4.69) is 15.0 Å². The number of benzene rings is 1. The maximum Gasteiger partial charge on any atom is 0.235 e. The van der Waals surface area contributed by atoms with Gasteiger partial charge < -0.3 is 9.26 Å². The highest BCUT2D eigenvalue weighted by Gasteiger charge is 2.59. The van der Waals surface area contributed by atoms with E-state index in [0.29, 0.717) is 30.8 Å². The Hall–Kier alpha value is -1.81. The maximum atomic E-state index is 13.3. The summed E-state index contributed by atoms with van der Waals surface area (Å²) < 4.78 is 39.5. The molecule has 4 heterocycles. The van der Waals surface area contributed by atoms with Gasteiger partial charge in [0.25, 0.3) is 0 Å². The number of aryl methyl sites for hydroxylation is 2. The fourth-order valence-corrected chi connectivity index (χ4v) is 7.02. The fraction of sp³-hybridized carbons (Fsp3) is 0.636. The molecular formula is C22H30N4O4S. The monoisotopic (exact) mass is 446 g/mol. The molecule has 0 amide bonds. The molecular weight excluding hydrogens is 416 g/mol. The van der Waals surface area contributed by atoms with E-state index in [1.807, 2.05) is 38.1 Å². The first kappa shape index (κ1) is 21.1. The Morgan fingerprint density at radius 3 is 2.52 bits per heavy atom. The first-order valence-electron chi connectivity index (χ1n) is 11.0. The van der Waals surface area contributed by atoms with Crippen LogP contribution in [-0.4, -0.2) is 73.2 Å². The number of rotatable bonds is 5. The zero-order chi connectivity index (χ0) is 21.6. The van der Waals surface area contributed by atoms with Gasteiger partial charge in [0.2, 0.25) is 15.9 Å². The SMILES string of the molecule is Cc1ccc(CS(=O)(=O)N2C[C@H]3CN(C4CCOCC4)C[C@@]3(c3nc(C)no3)C2)cc1. The van der Waals surface area contributed by atoms with Crippen LogP contribution in [0.5, 0.6) is 0 Å². The highest BCUT2D eigenvalue weighted by atomic mass is 32.2. The zero-order valence-electron chi connectivity index (χ0n) is 18.2. The molecule has 0 saturated carbocycles. The Morgan fingerprint density at radius 2 is 1.84 bits per heavy atom. The standard InChI is InChI=1S/C22H30N4O4S/c1-16-3-5-18(6-4-16)13-31(27,28)26-12-19-11-25(20-7-9-29-10-8-20)14-22(19,15-26)21-23-17(2)24-30-21/h3-6,19-20H,7-15H2,1-2H3/t19-,22-/m1/s1. The number of nitrogens with zero attached hydrogens (tertiary/aromatic N) is 4. The summed E-state index contributed by atoms with van der Waals surface area (Å²) in [5, 5.41) is 4.02. The van der Waals surface area contributed by atoms with E-state index in [9.17, 15) is 8.42 Å². The number of aromatic nitrogens is 2. The quantitative estimate of drug-likeness (QED) is 0.693. The molecule has 3 aliphatic heterocycles. The van der Waals surface area contributed by atoms with Crippen molar-refractivity contribution in [1.29, 1.82) is 0 Å². The normalized spacial score (nSPS) is 28.3. The van der Waals surface area contributed by atoms with Crippen LogP contribution in [0, 0.1) is 19.8 Å². The summed E-state index contributed by atoms with van der Waals surface area (Å²) >= 11 is 0. The maximum absolute atomic E-state index is 13.3. The van der Waals surface area contributed by atoms with Gasteiger partial charge >= 0.3 is 0 Å². The Morgan fingerprint density at radius 1 is 1.10 bits per heavy atom. The predicted molar refractivity (Wildman–Crippen MR) is 115 cm³/mol. The minimum Gasteiger partial charge on any atom is -0.381 e. The third-order valence-corrected chi connectivity index (χ3v) is 8.89. The van der Waals surface area contributed by atoms with Crippen molar-refractivity contribution in [2.45, 2.75) is 43.9 Å². The highest BCUT2D eigenvalue weighted by molar-refractivity contribution is 7.88. The number of likely N-dealkylation sites (tertiary alicyclic amines) is 1. The summed E-state index contributed by atoms with van der Waals surface area (Å²) in [5.74, 6) is 1.33. The summed E-state index contributed by atoms with van der Waals surface area (Å²) in [6.45, 7) is 7.88. The lowest BCUT2D eigenvalue weighted by Crippen LogP contribution is -2.44. The van der Waals surface area contributed by atoms with Gasteiger partial charge in [0.1, 0.15) is 0 Å². The lowest BCUT2D eigenvalue weighted by atomic mass is 9.81. The molecule has 0 unspecified atom stereocenters. The van der Waals surface area contributed by atoms with Crippen LogP contribution in [0.4, 0.5) is 0 Å². The van der Waals surface area contributed by atoms with Crippen molar-refractivity contribution in [2.75, 3.05) is 39.4 Å². The van der Waals surface area contributed by atoms with E-state index in [4.69, 9.17) is 9.26 Å². The van der Waals surface area contributed by atoms with Crippen molar-refractivity contribution in [3.05, 3.63) is 47.1 Å². The van der Waals surface area contributed by atoms with Crippen LogP contribution >= 0.6 is 0 Å². The number of fused-ring (bicyclic) bond motifs is 1. The molecule has 0 spiro atoms. The fourth-order valence-electron chi connectivity index (χ4n) is 5.39. The molecule has 2 atom stereocenters. The number of hydrogen-bond donors (Lipinski definition) is 0. The second-order valence-electron chi connectivity index (χ2n) is 9.31. The molecule has 8 nitrogen and oxygen atoms in total. The van der Waals surface area contributed by atoms with E-state index in [1.165, 1.54) is 0 Å². The second-order valence-corrected chi connectivity index (χ2v) is 11.3. The van der Waals surface area contributed by atoms with Crippen molar-refractivity contribution in [3.63, 3.8) is 0 Å². The minimum atomic E-state index is -3.44. The molecule has 0 radical (unpaired) electrons. The summed E-state index contributed by atoms with van der Waals surface area (Å²) in [7, 11) is -3.44. The minimum absolute atomic E-state index is 0.0165. The lowest BCUT2D eigenvalue weighted by Gasteiger charge is -2.33. The van der Waals surface area contributed by atoms with Gasteiger partial charge in [-0.3, -0.25) is 4.90 Å². The van der Waals surface area contributed by atoms with E-state index in [1.54, 1.807) is 4.31 Å². The molecule has 3 saturated heterocycles. The van der Waals surface area contributed by atoms with Gasteiger partial charge in [-0.05, 0) is 32.3 Å². The van der Waals surface area contributed by atoms with E-state index in [0.717, 1.165) is 50.3 Å². The van der Waals surface area contributed by atoms with Gasteiger partial charge in [0.15, 0.2) is 5.82 Å². The van der Waals surface area contributed by atoms with Crippen molar-refractivity contribution in [3.8, 4) is 0 Å². The van der Waals surface area contributed by atoms with E-state index < -0.39 is 15.4 Å². The largest absolute Gasteiger partial charge is 0.381 e. The van der Waals surface area contributed by atoms with Crippen molar-refractivity contribution in [2.24, 2.45) is 5.92 Å². The Bertz CT molecular complexity index is 1030. The number of hydrogen-bond acceptors (Lipinski definition) is 7. The van der Waals surface area contributed by atoms with Gasteiger partial charge in [0.05, 0.1) is 11.2 Å². The van der Waals surface area contributed by atoms with Crippen LogP contribution < -0.4 is 0 Å². The molecule has 0 aliphatic carbocycles. The van der Waals surface area contributed by atoms with Crippen LogP contribution in [0.25, 0.3) is 0 Å². The Labute approximate surface area is 183 Å². The van der Waals surface area contributed by atoms with Crippen molar-refractivity contribution in [1.82, 2.24) is 19.3 Å². The van der Waals surface area contributed by atoms with Crippen LogP contribution in [0.3, 0.4) is 0 Å². The van der Waals surface area contributed by atoms with Crippen molar-refractivity contribution < 1.29 is 17.7 Å².